The fourth-order valence-corrected chi connectivity index (χ4v) is 4.21. The van der Waals surface area contributed by atoms with Gasteiger partial charge in [-0.2, -0.15) is 0 Å². The van der Waals surface area contributed by atoms with Crippen LogP contribution in [0.1, 0.15) is 60.7 Å². The average molecular weight is 399 g/mol. The first kappa shape index (κ1) is 19.6. The maximum absolute atomic E-state index is 12.9. The van der Waals surface area contributed by atoms with Gasteiger partial charge in [-0.25, -0.2) is 0 Å². The molecule has 0 aliphatic carbocycles. The molecule has 1 N–H and O–H groups in total. The van der Waals surface area contributed by atoms with Gasteiger partial charge in [0.2, 0.25) is 11.8 Å². The van der Waals surface area contributed by atoms with Crippen molar-refractivity contribution in [2.45, 2.75) is 64.9 Å². The second-order valence-corrected chi connectivity index (χ2v) is 8.91. The van der Waals surface area contributed by atoms with Crippen LogP contribution in [0.15, 0.2) is 12.1 Å². The Balaban J connectivity index is 1.45. The molecule has 3 aliphatic rings. The zero-order valence-corrected chi connectivity index (χ0v) is 16.9. The van der Waals surface area contributed by atoms with Crippen molar-refractivity contribution in [2.75, 3.05) is 6.54 Å². The summed E-state index contributed by atoms with van der Waals surface area (Å²) in [4.78, 5) is 52.1. The molecule has 0 spiro atoms. The summed E-state index contributed by atoms with van der Waals surface area (Å²) in [6.07, 6.45) is 0.598. The number of piperidine rings is 1. The molecule has 8 nitrogen and oxygen atoms in total. The SMILES string of the molecule is CC(C)(C)OC(=O)CN1Cc2cc3c(cc2C1)C(=O)N(C1CCC(=O)NC1=O)C3. The number of amides is 3. The predicted molar refractivity (Wildman–Crippen MR) is 102 cm³/mol. The van der Waals surface area contributed by atoms with E-state index in [0.29, 0.717) is 31.6 Å². The molecule has 1 saturated heterocycles. The number of imide groups is 1. The van der Waals surface area contributed by atoms with Crippen LogP contribution < -0.4 is 5.32 Å². The van der Waals surface area contributed by atoms with Crippen molar-refractivity contribution in [1.82, 2.24) is 15.1 Å². The van der Waals surface area contributed by atoms with Gasteiger partial charge in [0.25, 0.3) is 5.91 Å². The highest BCUT2D eigenvalue weighted by atomic mass is 16.6. The third-order valence-corrected chi connectivity index (χ3v) is 5.40. The number of nitrogens with zero attached hydrogens (tertiary/aromatic N) is 2. The Bertz CT molecular complexity index is 918. The average Bonchev–Trinajstić information content (AvgIpc) is 3.11. The van der Waals surface area contributed by atoms with Crippen molar-refractivity contribution in [2.24, 2.45) is 0 Å². The predicted octanol–water partition coefficient (Wildman–Crippen LogP) is 1.10. The minimum Gasteiger partial charge on any atom is -0.459 e. The van der Waals surface area contributed by atoms with Crippen molar-refractivity contribution >= 4 is 23.7 Å². The van der Waals surface area contributed by atoms with Gasteiger partial charge >= 0.3 is 5.97 Å². The molecule has 4 rings (SSSR count). The Labute approximate surface area is 169 Å². The normalized spacial score (nSPS) is 21.8. The van der Waals surface area contributed by atoms with Gasteiger partial charge < -0.3 is 9.64 Å². The lowest BCUT2D eigenvalue weighted by molar-refractivity contribution is -0.156. The number of carbonyl (C=O) groups excluding carboxylic acids is 4. The van der Waals surface area contributed by atoms with Gasteiger partial charge in [0.15, 0.2) is 0 Å². The number of esters is 1. The summed E-state index contributed by atoms with van der Waals surface area (Å²) in [7, 11) is 0. The molecule has 0 bridgehead atoms. The van der Waals surface area contributed by atoms with Crippen LogP contribution in [0.25, 0.3) is 0 Å². The molecule has 0 radical (unpaired) electrons. The van der Waals surface area contributed by atoms with E-state index in [2.05, 4.69) is 5.32 Å². The van der Waals surface area contributed by atoms with E-state index in [1.165, 1.54) is 0 Å². The van der Waals surface area contributed by atoms with Crippen LogP contribution in [0.4, 0.5) is 0 Å². The van der Waals surface area contributed by atoms with E-state index >= 15 is 0 Å². The summed E-state index contributed by atoms with van der Waals surface area (Å²) >= 11 is 0. The molecule has 29 heavy (non-hydrogen) atoms. The van der Waals surface area contributed by atoms with Gasteiger partial charge in [-0.15, -0.1) is 0 Å². The lowest BCUT2D eigenvalue weighted by Gasteiger charge is -2.29. The molecular formula is C21H25N3O5. The van der Waals surface area contributed by atoms with Crippen molar-refractivity contribution in [3.05, 3.63) is 34.4 Å². The number of hydrogen-bond acceptors (Lipinski definition) is 6. The first-order chi connectivity index (χ1) is 13.6. The van der Waals surface area contributed by atoms with E-state index < -0.39 is 17.6 Å². The number of fused-ring (bicyclic) bond motifs is 2. The first-order valence-electron chi connectivity index (χ1n) is 9.84. The highest BCUT2D eigenvalue weighted by Gasteiger charge is 2.40. The fourth-order valence-electron chi connectivity index (χ4n) is 4.21. The summed E-state index contributed by atoms with van der Waals surface area (Å²) in [5.41, 5.74) is 3.08. The largest absolute Gasteiger partial charge is 0.459 e. The Hall–Kier alpha value is -2.74. The smallest absolute Gasteiger partial charge is 0.320 e. The zero-order valence-electron chi connectivity index (χ0n) is 16.9. The minimum absolute atomic E-state index is 0.178. The Morgan fingerprint density at radius 1 is 1.10 bits per heavy atom. The lowest BCUT2D eigenvalue weighted by atomic mass is 10.0. The third kappa shape index (κ3) is 3.89. The number of benzene rings is 1. The first-order valence-corrected chi connectivity index (χ1v) is 9.84. The number of hydrogen-bond donors (Lipinski definition) is 1. The summed E-state index contributed by atoms with van der Waals surface area (Å²) in [5.74, 6) is -1.14. The zero-order chi connectivity index (χ0) is 20.9. The van der Waals surface area contributed by atoms with Crippen LogP contribution in [-0.4, -0.2) is 51.7 Å². The molecule has 3 amide bonds. The monoisotopic (exact) mass is 399 g/mol. The van der Waals surface area contributed by atoms with Crippen LogP contribution >= 0.6 is 0 Å². The van der Waals surface area contributed by atoms with Crippen molar-refractivity contribution < 1.29 is 23.9 Å². The fraction of sp³-hybridized carbons (Fsp3) is 0.524. The molecule has 1 fully saturated rings. The van der Waals surface area contributed by atoms with Crippen molar-refractivity contribution in [1.29, 1.82) is 0 Å². The Morgan fingerprint density at radius 3 is 2.45 bits per heavy atom. The van der Waals surface area contributed by atoms with Crippen LogP contribution in [0.3, 0.4) is 0 Å². The van der Waals surface area contributed by atoms with Crippen molar-refractivity contribution in [3.8, 4) is 0 Å². The molecule has 0 aromatic heterocycles. The summed E-state index contributed by atoms with van der Waals surface area (Å²) in [6, 6.07) is 3.28. The van der Waals surface area contributed by atoms with Crippen LogP contribution in [0.2, 0.25) is 0 Å². The quantitative estimate of drug-likeness (QED) is 0.604. The number of ether oxygens (including phenoxy) is 1. The summed E-state index contributed by atoms with van der Waals surface area (Å²) in [5, 5.41) is 2.32. The van der Waals surface area contributed by atoms with E-state index in [1.807, 2.05) is 37.8 Å². The van der Waals surface area contributed by atoms with Gasteiger partial charge in [0.1, 0.15) is 11.6 Å². The molecule has 1 atom stereocenters. The van der Waals surface area contributed by atoms with Gasteiger partial charge in [-0.05, 0) is 49.9 Å². The van der Waals surface area contributed by atoms with E-state index in [1.54, 1.807) is 4.90 Å². The second-order valence-electron chi connectivity index (χ2n) is 8.91. The highest BCUT2D eigenvalue weighted by molar-refractivity contribution is 6.05. The summed E-state index contributed by atoms with van der Waals surface area (Å²) < 4.78 is 5.39. The summed E-state index contributed by atoms with van der Waals surface area (Å²) in [6.45, 7) is 7.28. The standard InChI is InChI=1S/C21H25N3O5/c1-21(2,3)29-18(26)11-23-8-12-6-14-10-24(16-4-5-17(25)22-19(16)27)20(28)15(14)7-13(12)9-23/h6-7,16H,4-5,8-11H2,1-3H3,(H,22,25,27). The lowest BCUT2D eigenvalue weighted by Crippen LogP contribution is -2.52. The molecule has 3 heterocycles. The Kier molecular flexibility index (Phi) is 4.69. The maximum atomic E-state index is 12.9. The van der Waals surface area contributed by atoms with Crippen LogP contribution in [0, 0.1) is 0 Å². The number of carbonyl (C=O) groups is 4. The molecule has 1 aromatic carbocycles. The van der Waals surface area contributed by atoms with E-state index in [9.17, 15) is 19.2 Å². The molecule has 0 saturated carbocycles. The van der Waals surface area contributed by atoms with Crippen LogP contribution in [-0.2, 0) is 38.8 Å². The third-order valence-electron chi connectivity index (χ3n) is 5.40. The molecule has 154 valence electrons. The molecule has 8 heteroatoms. The molecule has 3 aliphatic heterocycles. The topological polar surface area (TPSA) is 96.0 Å². The van der Waals surface area contributed by atoms with Crippen LogP contribution in [0.5, 0.6) is 0 Å². The van der Waals surface area contributed by atoms with Gasteiger partial charge in [0, 0.05) is 31.6 Å². The van der Waals surface area contributed by atoms with Gasteiger partial charge in [-0.3, -0.25) is 29.4 Å². The van der Waals surface area contributed by atoms with Crippen molar-refractivity contribution in [3.63, 3.8) is 0 Å². The molecule has 1 aromatic rings. The minimum atomic E-state index is -0.605. The highest BCUT2D eigenvalue weighted by Crippen LogP contribution is 2.33. The molecular weight excluding hydrogens is 374 g/mol. The second kappa shape index (κ2) is 6.95. The van der Waals surface area contributed by atoms with E-state index in [0.717, 1.165) is 16.7 Å². The van der Waals surface area contributed by atoms with Gasteiger partial charge in [0.05, 0.1) is 6.54 Å². The molecule has 1 unspecified atom stereocenters. The van der Waals surface area contributed by atoms with E-state index in [4.69, 9.17) is 4.74 Å². The maximum Gasteiger partial charge on any atom is 0.320 e. The van der Waals surface area contributed by atoms with E-state index in [-0.39, 0.29) is 30.7 Å². The number of rotatable bonds is 3. The van der Waals surface area contributed by atoms with Gasteiger partial charge in [-0.1, -0.05) is 6.07 Å². The number of nitrogens with one attached hydrogen (secondary N) is 1. The Morgan fingerprint density at radius 2 is 1.79 bits per heavy atom.